The Morgan fingerprint density at radius 1 is 1.04 bits per heavy atom. The van der Waals surface area contributed by atoms with Gasteiger partial charge < -0.3 is 10.2 Å². The number of benzene rings is 1. The van der Waals surface area contributed by atoms with Crippen LogP contribution in [0.15, 0.2) is 60.9 Å². The van der Waals surface area contributed by atoms with Gasteiger partial charge in [0, 0.05) is 43.2 Å². The molecule has 1 saturated heterocycles. The summed E-state index contributed by atoms with van der Waals surface area (Å²) >= 11 is 0. The lowest BCUT2D eigenvalue weighted by Gasteiger charge is -2.30. The minimum Gasteiger partial charge on any atom is -0.339 e. The summed E-state index contributed by atoms with van der Waals surface area (Å²) in [5, 5.41) is 2.91. The predicted molar refractivity (Wildman–Crippen MR) is 97.6 cm³/mol. The number of pyridine rings is 1. The maximum absolute atomic E-state index is 12.3. The molecule has 0 aliphatic carbocycles. The zero-order chi connectivity index (χ0) is 17.5. The number of rotatable bonds is 4. The van der Waals surface area contributed by atoms with Crippen molar-refractivity contribution in [2.45, 2.75) is 12.8 Å². The first kappa shape index (κ1) is 16.9. The van der Waals surface area contributed by atoms with Gasteiger partial charge in [-0.3, -0.25) is 14.6 Å². The van der Waals surface area contributed by atoms with Gasteiger partial charge in [-0.15, -0.1) is 0 Å². The van der Waals surface area contributed by atoms with Crippen molar-refractivity contribution in [1.29, 1.82) is 0 Å². The molecule has 1 aromatic heterocycles. The molecule has 1 aliphatic rings. The van der Waals surface area contributed by atoms with E-state index < -0.39 is 0 Å². The Balaban J connectivity index is 1.49. The van der Waals surface area contributed by atoms with Crippen LogP contribution < -0.4 is 5.32 Å². The third-order valence-electron chi connectivity index (χ3n) is 4.34. The van der Waals surface area contributed by atoms with Crippen molar-refractivity contribution in [2.75, 3.05) is 18.4 Å². The zero-order valence-corrected chi connectivity index (χ0v) is 14.0. The molecule has 2 amide bonds. The molecular formula is C20H21N3O2. The molecule has 1 aliphatic heterocycles. The van der Waals surface area contributed by atoms with E-state index in [9.17, 15) is 9.59 Å². The Kier molecular flexibility index (Phi) is 5.57. The average Bonchev–Trinajstić information content (AvgIpc) is 2.68. The second kappa shape index (κ2) is 8.24. The molecule has 0 atom stereocenters. The SMILES string of the molecule is O=C(Nc1ccncc1)C1CCN(C(=O)C=Cc2ccccc2)CC1. The van der Waals surface area contributed by atoms with Gasteiger partial charge in [0.05, 0.1) is 0 Å². The number of nitrogens with zero attached hydrogens (tertiary/aromatic N) is 2. The average molecular weight is 335 g/mol. The van der Waals surface area contributed by atoms with Gasteiger partial charge in [-0.1, -0.05) is 30.3 Å². The lowest BCUT2D eigenvalue weighted by atomic mass is 9.95. The summed E-state index contributed by atoms with van der Waals surface area (Å²) in [6.07, 6.45) is 8.09. The standard InChI is InChI=1S/C20H21N3O2/c24-19(7-6-16-4-2-1-3-5-16)23-14-10-17(11-15-23)20(25)22-18-8-12-21-13-9-18/h1-9,12-13,17H,10-11,14-15H2,(H,21,22,25). The Bertz CT molecular complexity index is 736. The predicted octanol–water partition coefficient (Wildman–Crippen LogP) is 2.97. The van der Waals surface area contributed by atoms with E-state index in [1.54, 1.807) is 35.5 Å². The quantitative estimate of drug-likeness (QED) is 0.874. The fourth-order valence-electron chi connectivity index (χ4n) is 2.88. The zero-order valence-electron chi connectivity index (χ0n) is 14.0. The van der Waals surface area contributed by atoms with Gasteiger partial charge >= 0.3 is 0 Å². The number of anilines is 1. The monoisotopic (exact) mass is 335 g/mol. The van der Waals surface area contributed by atoms with Crippen molar-refractivity contribution >= 4 is 23.6 Å². The molecule has 0 bridgehead atoms. The molecule has 0 spiro atoms. The van der Waals surface area contributed by atoms with E-state index in [-0.39, 0.29) is 17.7 Å². The van der Waals surface area contributed by atoms with E-state index in [0.717, 1.165) is 11.3 Å². The van der Waals surface area contributed by atoms with Crippen LogP contribution >= 0.6 is 0 Å². The summed E-state index contributed by atoms with van der Waals surface area (Å²) < 4.78 is 0. The molecule has 2 heterocycles. The summed E-state index contributed by atoms with van der Waals surface area (Å²) in [6, 6.07) is 13.3. The van der Waals surface area contributed by atoms with Crippen LogP contribution in [0.2, 0.25) is 0 Å². The first-order valence-corrected chi connectivity index (χ1v) is 8.45. The highest BCUT2D eigenvalue weighted by Gasteiger charge is 2.26. The molecule has 1 aromatic carbocycles. The number of hydrogen-bond donors (Lipinski definition) is 1. The van der Waals surface area contributed by atoms with Crippen LogP contribution in [-0.4, -0.2) is 34.8 Å². The van der Waals surface area contributed by atoms with Crippen molar-refractivity contribution < 1.29 is 9.59 Å². The van der Waals surface area contributed by atoms with Crippen molar-refractivity contribution in [3.8, 4) is 0 Å². The molecule has 1 N–H and O–H groups in total. The van der Waals surface area contributed by atoms with E-state index in [4.69, 9.17) is 0 Å². The highest BCUT2D eigenvalue weighted by Crippen LogP contribution is 2.19. The molecule has 1 fully saturated rings. The molecule has 0 unspecified atom stereocenters. The summed E-state index contributed by atoms with van der Waals surface area (Å²) in [4.78, 5) is 30.3. The number of hydrogen-bond acceptors (Lipinski definition) is 3. The minimum absolute atomic E-state index is 0.00292. The van der Waals surface area contributed by atoms with Gasteiger partial charge in [-0.05, 0) is 36.6 Å². The van der Waals surface area contributed by atoms with E-state index in [1.807, 2.05) is 36.4 Å². The number of carbonyl (C=O) groups is 2. The third-order valence-corrected chi connectivity index (χ3v) is 4.34. The first-order valence-electron chi connectivity index (χ1n) is 8.45. The second-order valence-corrected chi connectivity index (χ2v) is 6.07. The van der Waals surface area contributed by atoms with Gasteiger partial charge in [0.1, 0.15) is 0 Å². The minimum atomic E-state index is -0.0599. The normalized spacial score (nSPS) is 15.3. The summed E-state index contributed by atoms with van der Waals surface area (Å²) in [6.45, 7) is 1.21. The fraction of sp³-hybridized carbons (Fsp3) is 0.250. The maximum atomic E-state index is 12.3. The van der Waals surface area contributed by atoms with Crippen molar-refractivity contribution in [3.63, 3.8) is 0 Å². The van der Waals surface area contributed by atoms with Gasteiger partial charge in [-0.25, -0.2) is 0 Å². The number of likely N-dealkylation sites (tertiary alicyclic amines) is 1. The van der Waals surface area contributed by atoms with Crippen LogP contribution in [0.1, 0.15) is 18.4 Å². The van der Waals surface area contributed by atoms with Crippen LogP contribution in [-0.2, 0) is 9.59 Å². The lowest BCUT2D eigenvalue weighted by molar-refractivity contribution is -0.130. The summed E-state index contributed by atoms with van der Waals surface area (Å²) in [7, 11) is 0. The van der Waals surface area contributed by atoms with E-state index >= 15 is 0 Å². The van der Waals surface area contributed by atoms with Crippen molar-refractivity contribution in [1.82, 2.24) is 9.88 Å². The molecule has 3 rings (SSSR count). The lowest BCUT2D eigenvalue weighted by Crippen LogP contribution is -2.40. The number of aromatic nitrogens is 1. The van der Waals surface area contributed by atoms with Crippen LogP contribution in [0.5, 0.6) is 0 Å². The Hall–Kier alpha value is -2.95. The van der Waals surface area contributed by atoms with Crippen LogP contribution in [0.4, 0.5) is 5.69 Å². The van der Waals surface area contributed by atoms with Crippen molar-refractivity contribution in [2.24, 2.45) is 5.92 Å². The maximum Gasteiger partial charge on any atom is 0.246 e. The van der Waals surface area contributed by atoms with E-state index in [2.05, 4.69) is 10.3 Å². The molecule has 0 radical (unpaired) electrons. The molecule has 128 valence electrons. The highest BCUT2D eigenvalue weighted by molar-refractivity contribution is 5.94. The third kappa shape index (κ3) is 4.76. The van der Waals surface area contributed by atoms with Gasteiger partial charge in [0.2, 0.25) is 11.8 Å². The van der Waals surface area contributed by atoms with E-state index in [0.29, 0.717) is 25.9 Å². The molecule has 0 saturated carbocycles. The van der Waals surface area contributed by atoms with Crippen LogP contribution in [0, 0.1) is 5.92 Å². The Labute approximate surface area is 147 Å². The second-order valence-electron chi connectivity index (χ2n) is 6.07. The van der Waals surface area contributed by atoms with Gasteiger partial charge in [0.15, 0.2) is 0 Å². The topological polar surface area (TPSA) is 62.3 Å². The molecule has 5 nitrogen and oxygen atoms in total. The molecule has 25 heavy (non-hydrogen) atoms. The highest BCUT2D eigenvalue weighted by atomic mass is 16.2. The molecule has 5 heteroatoms. The Morgan fingerprint density at radius 3 is 2.40 bits per heavy atom. The van der Waals surface area contributed by atoms with Gasteiger partial charge in [-0.2, -0.15) is 0 Å². The number of amides is 2. The van der Waals surface area contributed by atoms with Crippen molar-refractivity contribution in [3.05, 3.63) is 66.5 Å². The van der Waals surface area contributed by atoms with Gasteiger partial charge in [0.25, 0.3) is 0 Å². The number of piperidine rings is 1. The van der Waals surface area contributed by atoms with Crippen LogP contribution in [0.3, 0.4) is 0 Å². The largest absolute Gasteiger partial charge is 0.339 e. The van der Waals surface area contributed by atoms with Crippen LogP contribution in [0.25, 0.3) is 6.08 Å². The smallest absolute Gasteiger partial charge is 0.246 e. The summed E-state index contributed by atoms with van der Waals surface area (Å²) in [5.74, 6) is -0.0507. The number of nitrogens with one attached hydrogen (secondary N) is 1. The first-order chi connectivity index (χ1) is 12.2. The fourth-order valence-corrected chi connectivity index (χ4v) is 2.88. The molecule has 2 aromatic rings. The number of carbonyl (C=O) groups excluding carboxylic acids is 2. The van der Waals surface area contributed by atoms with E-state index in [1.165, 1.54) is 0 Å². The Morgan fingerprint density at radius 2 is 1.72 bits per heavy atom. The summed E-state index contributed by atoms with van der Waals surface area (Å²) in [5.41, 5.74) is 1.76. The molecular weight excluding hydrogens is 314 g/mol.